The lowest BCUT2D eigenvalue weighted by Gasteiger charge is -2.22. The largest absolute Gasteiger partial charge is 0.347 e. The van der Waals surface area contributed by atoms with Gasteiger partial charge < -0.3 is 10.6 Å². The van der Waals surface area contributed by atoms with Crippen molar-refractivity contribution in [3.05, 3.63) is 99.1 Å². The Morgan fingerprint density at radius 1 is 0.824 bits per heavy atom. The number of aromatic nitrogens is 1. The fourth-order valence-corrected chi connectivity index (χ4v) is 5.97. The molecule has 5 rings (SSSR count). The van der Waals surface area contributed by atoms with Crippen LogP contribution in [0.1, 0.15) is 39.3 Å². The molecule has 0 saturated heterocycles. The van der Waals surface area contributed by atoms with Crippen LogP contribution in [0.3, 0.4) is 0 Å². The van der Waals surface area contributed by atoms with Crippen LogP contribution in [-0.2, 0) is 0 Å². The zero-order valence-corrected chi connectivity index (χ0v) is 19.9. The highest BCUT2D eigenvalue weighted by molar-refractivity contribution is 7.22. The summed E-state index contributed by atoms with van der Waals surface area (Å²) >= 11 is 3.14. The van der Waals surface area contributed by atoms with Gasteiger partial charge in [-0.25, -0.2) is 0 Å². The molecule has 0 radical (unpaired) electrons. The number of hydrogen-bond acceptors (Lipinski definition) is 5. The van der Waals surface area contributed by atoms with E-state index < -0.39 is 0 Å². The molecule has 34 heavy (non-hydrogen) atoms. The summed E-state index contributed by atoms with van der Waals surface area (Å²) in [4.78, 5) is 40.6. The molecule has 1 fully saturated rings. The first-order valence-corrected chi connectivity index (χ1v) is 12.8. The van der Waals surface area contributed by atoms with Crippen LogP contribution >= 0.6 is 22.7 Å². The summed E-state index contributed by atoms with van der Waals surface area (Å²) in [5, 5.41) is 8.23. The Bertz CT molecular complexity index is 1360. The molecule has 4 aromatic rings. The van der Waals surface area contributed by atoms with Crippen LogP contribution in [0, 0.1) is 0 Å². The third-order valence-electron chi connectivity index (χ3n) is 5.97. The van der Waals surface area contributed by atoms with Crippen molar-refractivity contribution in [2.45, 2.75) is 31.3 Å². The molecule has 2 atom stereocenters. The van der Waals surface area contributed by atoms with Crippen LogP contribution in [0.4, 0.5) is 0 Å². The Hall–Kier alpha value is -3.49. The van der Waals surface area contributed by atoms with E-state index in [0.717, 1.165) is 29.0 Å². The molecule has 1 saturated carbocycles. The van der Waals surface area contributed by atoms with Gasteiger partial charge in [0.15, 0.2) is 0 Å². The van der Waals surface area contributed by atoms with E-state index in [4.69, 9.17) is 0 Å². The molecule has 0 spiro atoms. The summed E-state index contributed by atoms with van der Waals surface area (Å²) in [6.07, 6.45) is 4.28. The van der Waals surface area contributed by atoms with Gasteiger partial charge in [-0.15, -0.1) is 22.7 Å². The van der Waals surface area contributed by atoms with Gasteiger partial charge in [0.1, 0.15) is 0 Å². The van der Waals surface area contributed by atoms with Crippen molar-refractivity contribution in [1.29, 1.82) is 0 Å². The lowest BCUT2D eigenvalue weighted by molar-refractivity contribution is 0.0894. The van der Waals surface area contributed by atoms with Crippen LogP contribution < -0.4 is 16.2 Å². The Labute approximate surface area is 204 Å². The molecule has 0 bridgehead atoms. The quantitative estimate of drug-likeness (QED) is 0.412. The van der Waals surface area contributed by atoms with Gasteiger partial charge in [-0.05, 0) is 73.2 Å². The van der Waals surface area contributed by atoms with E-state index in [-0.39, 0.29) is 29.5 Å². The van der Waals surface area contributed by atoms with Crippen LogP contribution in [-0.4, -0.2) is 28.5 Å². The third-order valence-corrected chi connectivity index (χ3v) is 8.12. The second-order valence-corrected chi connectivity index (χ2v) is 10.2. The van der Waals surface area contributed by atoms with Crippen LogP contribution in [0.5, 0.6) is 0 Å². The fraction of sp³-hybridized carbons (Fsp3) is 0.192. The number of thiophene rings is 2. The zero-order valence-electron chi connectivity index (χ0n) is 18.3. The van der Waals surface area contributed by atoms with E-state index >= 15 is 0 Å². The van der Waals surface area contributed by atoms with Crippen molar-refractivity contribution >= 4 is 34.5 Å². The summed E-state index contributed by atoms with van der Waals surface area (Å²) in [5.74, 6) is -0.286. The molecule has 0 unspecified atom stereocenters. The molecule has 3 heterocycles. The lowest BCUT2D eigenvalue weighted by atomic mass is 10.1. The average molecular weight is 490 g/mol. The first-order valence-electron chi connectivity index (χ1n) is 11.1. The first kappa shape index (κ1) is 22.3. The fourth-order valence-electron chi connectivity index (χ4n) is 4.22. The molecule has 2 amide bonds. The standard InChI is InChI=1S/C26H23N3O3S2/c30-24-8-1-2-15-29(24)18-11-9-17(10-12-18)25(31)27-19-5-3-6-20(19)28-26(32)23-14-13-22(34-23)21-7-4-16-33-21/h1-2,4,7-16,19-20H,3,5-6H2,(H,27,31)(H,28,32)/t19-,20+/m0/s1. The predicted molar refractivity (Wildman–Crippen MR) is 136 cm³/mol. The van der Waals surface area contributed by atoms with Gasteiger partial charge in [-0.3, -0.25) is 19.0 Å². The number of rotatable bonds is 6. The number of benzene rings is 1. The number of hydrogen-bond donors (Lipinski definition) is 2. The van der Waals surface area contributed by atoms with Crippen molar-refractivity contribution in [3.8, 4) is 15.4 Å². The molecular formula is C26H23N3O3S2. The number of nitrogens with zero attached hydrogens (tertiary/aromatic N) is 1. The topological polar surface area (TPSA) is 80.2 Å². The maximum absolute atomic E-state index is 12.9. The maximum Gasteiger partial charge on any atom is 0.261 e. The molecule has 0 aliphatic heterocycles. The van der Waals surface area contributed by atoms with Gasteiger partial charge in [-0.1, -0.05) is 12.1 Å². The van der Waals surface area contributed by atoms with E-state index in [1.54, 1.807) is 53.9 Å². The molecule has 172 valence electrons. The number of amides is 2. The van der Waals surface area contributed by atoms with E-state index in [1.807, 2.05) is 29.6 Å². The van der Waals surface area contributed by atoms with Gasteiger partial charge in [0.05, 0.1) is 4.88 Å². The van der Waals surface area contributed by atoms with Crippen molar-refractivity contribution in [1.82, 2.24) is 15.2 Å². The Morgan fingerprint density at radius 2 is 1.59 bits per heavy atom. The van der Waals surface area contributed by atoms with Gasteiger partial charge in [0.25, 0.3) is 17.4 Å². The second-order valence-electron chi connectivity index (χ2n) is 8.19. The van der Waals surface area contributed by atoms with Gasteiger partial charge in [0, 0.05) is 45.4 Å². The van der Waals surface area contributed by atoms with E-state index in [2.05, 4.69) is 10.6 Å². The summed E-state index contributed by atoms with van der Waals surface area (Å²) in [6.45, 7) is 0. The molecule has 2 N–H and O–H groups in total. The number of carbonyl (C=O) groups is 2. The van der Waals surface area contributed by atoms with Gasteiger partial charge in [0.2, 0.25) is 0 Å². The number of pyridine rings is 1. The van der Waals surface area contributed by atoms with E-state index in [1.165, 1.54) is 22.0 Å². The molecule has 1 aliphatic carbocycles. The van der Waals surface area contributed by atoms with Gasteiger partial charge in [-0.2, -0.15) is 0 Å². The van der Waals surface area contributed by atoms with E-state index in [9.17, 15) is 14.4 Å². The molecule has 3 aromatic heterocycles. The highest BCUT2D eigenvalue weighted by atomic mass is 32.1. The molecule has 8 heteroatoms. The second kappa shape index (κ2) is 9.79. The minimum atomic E-state index is -0.186. The lowest BCUT2D eigenvalue weighted by Crippen LogP contribution is -2.48. The van der Waals surface area contributed by atoms with Crippen LogP contribution in [0.2, 0.25) is 0 Å². The maximum atomic E-state index is 12.9. The Balaban J connectivity index is 1.22. The summed E-state index contributed by atoms with van der Waals surface area (Å²) in [7, 11) is 0. The Morgan fingerprint density at radius 3 is 2.29 bits per heavy atom. The molecule has 1 aliphatic rings. The minimum Gasteiger partial charge on any atom is -0.347 e. The highest BCUT2D eigenvalue weighted by Gasteiger charge is 2.30. The number of nitrogens with one attached hydrogen (secondary N) is 2. The Kier molecular flexibility index (Phi) is 6.42. The summed E-state index contributed by atoms with van der Waals surface area (Å²) in [5.41, 5.74) is 1.09. The third kappa shape index (κ3) is 4.73. The van der Waals surface area contributed by atoms with Crippen LogP contribution in [0.25, 0.3) is 15.4 Å². The zero-order chi connectivity index (χ0) is 23.5. The van der Waals surface area contributed by atoms with Crippen LogP contribution in [0.15, 0.2) is 83.1 Å². The summed E-state index contributed by atoms with van der Waals surface area (Å²) in [6, 6.07) is 19.6. The van der Waals surface area contributed by atoms with E-state index in [0.29, 0.717) is 16.1 Å². The normalized spacial score (nSPS) is 17.4. The molecule has 1 aromatic carbocycles. The predicted octanol–water partition coefficient (Wildman–Crippen LogP) is 4.71. The SMILES string of the molecule is O=C(N[C@H]1CCC[C@H]1NC(=O)c1ccc(-c2cccs2)s1)c1ccc(-n2ccccc2=O)cc1. The molecule has 6 nitrogen and oxygen atoms in total. The van der Waals surface area contributed by atoms with Gasteiger partial charge >= 0.3 is 0 Å². The average Bonchev–Trinajstić information content (AvgIpc) is 3.62. The summed E-state index contributed by atoms with van der Waals surface area (Å²) < 4.78 is 1.53. The number of carbonyl (C=O) groups excluding carboxylic acids is 2. The van der Waals surface area contributed by atoms with Crippen molar-refractivity contribution in [2.24, 2.45) is 0 Å². The van der Waals surface area contributed by atoms with Crippen molar-refractivity contribution in [3.63, 3.8) is 0 Å². The smallest absolute Gasteiger partial charge is 0.261 e. The first-order chi connectivity index (χ1) is 16.6. The van der Waals surface area contributed by atoms with Crippen molar-refractivity contribution < 1.29 is 9.59 Å². The monoisotopic (exact) mass is 489 g/mol. The molecular weight excluding hydrogens is 466 g/mol. The highest BCUT2D eigenvalue weighted by Crippen LogP contribution is 2.31. The minimum absolute atomic E-state index is 0.100. The van der Waals surface area contributed by atoms with Crippen molar-refractivity contribution in [2.75, 3.05) is 0 Å².